The minimum absolute atomic E-state index is 0.0139. The van der Waals surface area contributed by atoms with Crippen molar-refractivity contribution in [3.8, 4) is 0 Å². The minimum atomic E-state index is -3.26. The molecule has 0 unspecified atom stereocenters. The molecule has 0 aliphatic carbocycles. The molecule has 0 spiro atoms. The van der Waals surface area contributed by atoms with Crippen molar-refractivity contribution >= 4 is 10.1 Å². The molecule has 0 amide bonds. The van der Waals surface area contributed by atoms with Crippen molar-refractivity contribution in [1.82, 2.24) is 0 Å². The van der Waals surface area contributed by atoms with Gasteiger partial charge in [0.05, 0.1) is 12.9 Å². The Morgan fingerprint density at radius 3 is 2.44 bits per heavy atom. The van der Waals surface area contributed by atoms with Gasteiger partial charge in [-0.15, -0.1) is 0 Å². The van der Waals surface area contributed by atoms with E-state index in [0.717, 1.165) is 7.11 Å². The van der Waals surface area contributed by atoms with E-state index in [9.17, 15) is 8.42 Å². The Bertz CT molecular complexity index is 151. The largest absolute Gasteiger partial charge is 0.330 e. The summed E-state index contributed by atoms with van der Waals surface area (Å²) in [5.41, 5.74) is 5.07. The second kappa shape index (κ2) is 3.81. The van der Waals surface area contributed by atoms with Crippen molar-refractivity contribution in [1.29, 1.82) is 0 Å². The number of hydrogen-bond donors (Lipinski definition) is 1. The third-order valence-corrected chi connectivity index (χ3v) is 2.15. The first-order valence-electron chi connectivity index (χ1n) is 2.61. The maximum Gasteiger partial charge on any atom is 0.267 e. The molecule has 0 aliphatic rings. The van der Waals surface area contributed by atoms with E-state index in [0.29, 0.717) is 13.0 Å². The summed E-state index contributed by atoms with van der Waals surface area (Å²) < 4.78 is 25.1. The van der Waals surface area contributed by atoms with Crippen LogP contribution in [0.5, 0.6) is 0 Å². The highest BCUT2D eigenvalue weighted by atomic mass is 32.2. The molecular formula is C4H11NO3S. The van der Waals surface area contributed by atoms with Gasteiger partial charge in [-0.2, -0.15) is 8.42 Å². The van der Waals surface area contributed by atoms with Gasteiger partial charge in [-0.05, 0) is 13.0 Å². The van der Waals surface area contributed by atoms with Gasteiger partial charge in [-0.3, -0.25) is 4.18 Å². The highest BCUT2D eigenvalue weighted by Gasteiger charge is 2.05. The Morgan fingerprint density at radius 1 is 1.56 bits per heavy atom. The molecule has 0 radical (unpaired) electrons. The molecule has 0 bridgehead atoms. The number of rotatable bonds is 4. The lowest BCUT2D eigenvalue weighted by Crippen LogP contribution is -2.11. The first kappa shape index (κ1) is 8.87. The van der Waals surface area contributed by atoms with Crippen LogP contribution in [0, 0.1) is 0 Å². The van der Waals surface area contributed by atoms with E-state index in [1.54, 1.807) is 0 Å². The lowest BCUT2D eigenvalue weighted by Gasteiger charge is -1.96. The highest BCUT2D eigenvalue weighted by Crippen LogP contribution is 1.91. The van der Waals surface area contributed by atoms with Crippen LogP contribution in [0.2, 0.25) is 0 Å². The Kier molecular flexibility index (Phi) is 3.76. The van der Waals surface area contributed by atoms with Crippen LogP contribution in [0.4, 0.5) is 0 Å². The van der Waals surface area contributed by atoms with Crippen LogP contribution < -0.4 is 5.73 Å². The molecule has 0 aromatic carbocycles. The molecule has 0 aliphatic heterocycles. The fraction of sp³-hybridized carbons (Fsp3) is 1.00. The molecule has 2 N–H and O–H groups in total. The first-order chi connectivity index (χ1) is 4.12. The van der Waals surface area contributed by atoms with Gasteiger partial charge in [0.1, 0.15) is 0 Å². The molecule has 5 heteroatoms. The van der Waals surface area contributed by atoms with Gasteiger partial charge in [0, 0.05) is 0 Å². The van der Waals surface area contributed by atoms with Gasteiger partial charge in [-0.25, -0.2) is 0 Å². The molecule has 0 aromatic rings. The van der Waals surface area contributed by atoms with Crippen LogP contribution in [0.3, 0.4) is 0 Å². The van der Waals surface area contributed by atoms with E-state index < -0.39 is 10.1 Å². The molecule has 4 nitrogen and oxygen atoms in total. The smallest absolute Gasteiger partial charge is 0.267 e. The molecular weight excluding hydrogens is 142 g/mol. The van der Waals surface area contributed by atoms with E-state index in [1.807, 2.05) is 0 Å². The molecule has 0 saturated heterocycles. The molecule has 0 fully saturated rings. The maximum atomic E-state index is 10.5. The van der Waals surface area contributed by atoms with Crippen LogP contribution in [0.1, 0.15) is 6.42 Å². The first-order valence-corrected chi connectivity index (χ1v) is 4.18. The molecule has 56 valence electrons. The van der Waals surface area contributed by atoms with Gasteiger partial charge in [0.25, 0.3) is 10.1 Å². The van der Waals surface area contributed by atoms with Crippen molar-refractivity contribution in [2.75, 3.05) is 19.4 Å². The average Bonchev–Trinajstić information content (AvgIpc) is 1.84. The summed E-state index contributed by atoms with van der Waals surface area (Å²) in [6, 6.07) is 0. The summed E-state index contributed by atoms with van der Waals surface area (Å²) in [6.07, 6.45) is 0.455. The van der Waals surface area contributed by atoms with E-state index in [4.69, 9.17) is 5.73 Å². The topological polar surface area (TPSA) is 69.4 Å². The summed E-state index contributed by atoms with van der Waals surface area (Å²) >= 11 is 0. The molecule has 0 heterocycles. The Morgan fingerprint density at radius 2 is 2.11 bits per heavy atom. The van der Waals surface area contributed by atoms with E-state index in [2.05, 4.69) is 4.18 Å². The fourth-order valence-electron chi connectivity index (χ4n) is 0.343. The van der Waals surface area contributed by atoms with Gasteiger partial charge in [-0.1, -0.05) is 0 Å². The van der Waals surface area contributed by atoms with Crippen molar-refractivity contribution in [2.24, 2.45) is 5.73 Å². The highest BCUT2D eigenvalue weighted by molar-refractivity contribution is 7.86. The second-order valence-electron chi connectivity index (χ2n) is 1.57. The van der Waals surface area contributed by atoms with Crippen LogP contribution in [0.25, 0.3) is 0 Å². The minimum Gasteiger partial charge on any atom is -0.330 e. The summed E-state index contributed by atoms with van der Waals surface area (Å²) in [7, 11) is -2.12. The van der Waals surface area contributed by atoms with Crippen molar-refractivity contribution in [3.63, 3.8) is 0 Å². The summed E-state index contributed by atoms with van der Waals surface area (Å²) in [4.78, 5) is 0. The quantitative estimate of drug-likeness (QED) is 0.543. The molecule has 0 atom stereocenters. The molecule has 0 rings (SSSR count). The lowest BCUT2D eigenvalue weighted by atomic mass is 10.5. The lowest BCUT2D eigenvalue weighted by molar-refractivity contribution is 0.397. The van der Waals surface area contributed by atoms with Gasteiger partial charge in [0.15, 0.2) is 0 Å². The zero-order valence-corrected chi connectivity index (χ0v) is 6.15. The Balaban J connectivity index is 3.61. The Hall–Kier alpha value is -0.130. The number of hydrogen-bond acceptors (Lipinski definition) is 4. The second-order valence-corrected chi connectivity index (χ2v) is 3.43. The van der Waals surface area contributed by atoms with Crippen LogP contribution in [-0.4, -0.2) is 27.8 Å². The van der Waals surface area contributed by atoms with Crippen molar-refractivity contribution in [2.45, 2.75) is 6.42 Å². The van der Waals surface area contributed by atoms with Gasteiger partial charge >= 0.3 is 0 Å². The summed E-state index contributed by atoms with van der Waals surface area (Å²) in [5, 5.41) is 0. The van der Waals surface area contributed by atoms with Crippen LogP contribution in [-0.2, 0) is 14.3 Å². The molecule has 9 heavy (non-hydrogen) atoms. The normalized spacial score (nSPS) is 11.8. The summed E-state index contributed by atoms with van der Waals surface area (Å²) in [5.74, 6) is 0.0139. The standard InChI is InChI=1S/C4H11NO3S/c1-8-9(6,7)4-2-3-5/h2-5H2,1H3. The van der Waals surface area contributed by atoms with E-state index >= 15 is 0 Å². The monoisotopic (exact) mass is 153 g/mol. The molecule has 0 aromatic heterocycles. The predicted molar refractivity (Wildman–Crippen MR) is 34.5 cm³/mol. The third kappa shape index (κ3) is 4.38. The van der Waals surface area contributed by atoms with Gasteiger partial charge < -0.3 is 5.73 Å². The van der Waals surface area contributed by atoms with Crippen LogP contribution >= 0.6 is 0 Å². The zero-order valence-electron chi connectivity index (χ0n) is 5.33. The van der Waals surface area contributed by atoms with E-state index in [-0.39, 0.29) is 5.75 Å². The van der Waals surface area contributed by atoms with E-state index in [1.165, 1.54) is 0 Å². The fourth-order valence-corrected chi connectivity index (χ4v) is 1.03. The SMILES string of the molecule is COS(=O)(=O)CCCN. The van der Waals surface area contributed by atoms with Crippen molar-refractivity contribution < 1.29 is 12.6 Å². The third-order valence-electron chi connectivity index (χ3n) is 0.852. The average molecular weight is 153 g/mol. The van der Waals surface area contributed by atoms with Gasteiger partial charge in [0.2, 0.25) is 0 Å². The Labute approximate surface area is 55.1 Å². The summed E-state index contributed by atoms with van der Waals surface area (Å²) in [6.45, 7) is 0.378. The van der Waals surface area contributed by atoms with Crippen LogP contribution in [0.15, 0.2) is 0 Å². The predicted octanol–water partition coefficient (Wildman–Crippen LogP) is -0.689. The van der Waals surface area contributed by atoms with Crippen molar-refractivity contribution in [3.05, 3.63) is 0 Å². The number of nitrogens with two attached hydrogens (primary N) is 1. The maximum absolute atomic E-state index is 10.5. The zero-order chi connectivity index (χ0) is 7.33. The molecule has 0 saturated carbocycles.